The third kappa shape index (κ3) is 2.78. The first kappa shape index (κ1) is 15.5. The lowest BCUT2D eigenvalue weighted by Gasteiger charge is -2.21. The molecular formula is C10H10F3N3O4S. The van der Waals surface area contributed by atoms with Crippen LogP contribution in [0.1, 0.15) is 12.8 Å². The molecule has 1 fully saturated rings. The molecule has 7 nitrogen and oxygen atoms in total. The highest BCUT2D eigenvalue weighted by Crippen LogP contribution is 2.49. The molecule has 2 rings (SSSR count). The number of hydrogen-bond acceptors (Lipinski definition) is 5. The van der Waals surface area contributed by atoms with Crippen molar-refractivity contribution in [2.45, 2.75) is 29.5 Å². The van der Waals surface area contributed by atoms with E-state index in [1.165, 1.54) is 0 Å². The summed E-state index contributed by atoms with van der Waals surface area (Å²) in [5.74, 6) is 0. The Bertz CT molecular complexity index is 698. The number of alkyl halides is 3. The topological polar surface area (TPSA) is 115 Å². The number of nitrogens with zero attached hydrogens (tertiary/aromatic N) is 1. The maximum absolute atomic E-state index is 12.8. The molecule has 0 radical (unpaired) electrons. The number of nitrogens with two attached hydrogens (primary N) is 1. The molecule has 0 aliphatic heterocycles. The van der Waals surface area contributed by atoms with E-state index < -0.39 is 37.2 Å². The fraction of sp³-hybridized carbons (Fsp3) is 0.400. The Kier molecular flexibility index (Phi) is 3.37. The van der Waals surface area contributed by atoms with Gasteiger partial charge in [-0.15, -0.1) is 0 Å². The number of rotatable bonds is 4. The van der Waals surface area contributed by atoms with Gasteiger partial charge in [-0.2, -0.15) is 17.9 Å². The number of non-ortho nitro benzene ring substituents is 1. The number of nitrogen functional groups attached to an aromatic ring is 1. The summed E-state index contributed by atoms with van der Waals surface area (Å²) >= 11 is 0. The van der Waals surface area contributed by atoms with Gasteiger partial charge in [-0.3, -0.25) is 10.1 Å². The van der Waals surface area contributed by atoms with Crippen molar-refractivity contribution in [3.63, 3.8) is 0 Å². The number of sulfonamides is 1. The first-order chi connectivity index (χ1) is 9.48. The summed E-state index contributed by atoms with van der Waals surface area (Å²) in [5.41, 5.74) is 1.94. The minimum absolute atomic E-state index is 0.369. The Morgan fingerprint density at radius 2 is 1.90 bits per heavy atom. The van der Waals surface area contributed by atoms with Crippen molar-refractivity contribution in [1.29, 1.82) is 0 Å². The Morgan fingerprint density at radius 3 is 2.33 bits per heavy atom. The average Bonchev–Trinajstić information content (AvgIpc) is 3.08. The molecule has 116 valence electrons. The van der Waals surface area contributed by atoms with Crippen molar-refractivity contribution in [3.8, 4) is 0 Å². The van der Waals surface area contributed by atoms with E-state index >= 15 is 0 Å². The first-order valence-corrected chi connectivity index (χ1v) is 7.11. The number of nitrogens with one attached hydrogen (secondary N) is 1. The van der Waals surface area contributed by atoms with Gasteiger partial charge in [-0.25, -0.2) is 8.42 Å². The van der Waals surface area contributed by atoms with Crippen LogP contribution in [0.4, 0.5) is 24.5 Å². The van der Waals surface area contributed by atoms with Crippen LogP contribution >= 0.6 is 0 Å². The van der Waals surface area contributed by atoms with Gasteiger partial charge >= 0.3 is 6.18 Å². The number of nitro groups is 1. The molecular weight excluding hydrogens is 315 g/mol. The van der Waals surface area contributed by atoms with Crippen LogP contribution in [-0.4, -0.2) is 25.1 Å². The van der Waals surface area contributed by atoms with Gasteiger partial charge < -0.3 is 5.73 Å². The minimum atomic E-state index is -4.74. The van der Waals surface area contributed by atoms with E-state index in [2.05, 4.69) is 0 Å². The zero-order valence-electron chi connectivity index (χ0n) is 10.3. The molecule has 0 aromatic heterocycles. The first-order valence-electron chi connectivity index (χ1n) is 5.63. The van der Waals surface area contributed by atoms with Gasteiger partial charge in [0.2, 0.25) is 10.0 Å². The van der Waals surface area contributed by atoms with E-state index in [4.69, 9.17) is 5.73 Å². The minimum Gasteiger partial charge on any atom is -0.398 e. The van der Waals surface area contributed by atoms with Gasteiger partial charge in [-0.1, -0.05) is 0 Å². The second-order valence-corrected chi connectivity index (χ2v) is 6.32. The van der Waals surface area contributed by atoms with Crippen molar-refractivity contribution in [2.75, 3.05) is 5.73 Å². The van der Waals surface area contributed by atoms with Crippen molar-refractivity contribution in [3.05, 3.63) is 28.3 Å². The van der Waals surface area contributed by atoms with Crippen molar-refractivity contribution >= 4 is 21.4 Å². The summed E-state index contributed by atoms with van der Waals surface area (Å²) in [6, 6.07) is 2.55. The summed E-state index contributed by atoms with van der Waals surface area (Å²) in [4.78, 5) is 9.01. The fourth-order valence-corrected chi connectivity index (χ4v) is 3.35. The molecule has 0 bridgehead atoms. The van der Waals surface area contributed by atoms with E-state index in [1.54, 1.807) is 4.72 Å². The lowest BCUT2D eigenvalue weighted by Crippen LogP contribution is -2.47. The zero-order valence-corrected chi connectivity index (χ0v) is 11.2. The van der Waals surface area contributed by atoms with E-state index in [0.29, 0.717) is 6.07 Å². The Morgan fingerprint density at radius 1 is 1.33 bits per heavy atom. The van der Waals surface area contributed by atoms with Gasteiger partial charge in [-0.05, 0) is 18.9 Å². The quantitative estimate of drug-likeness (QED) is 0.495. The summed E-state index contributed by atoms with van der Waals surface area (Å²) < 4.78 is 63.9. The molecule has 21 heavy (non-hydrogen) atoms. The number of anilines is 1. The van der Waals surface area contributed by atoms with Gasteiger partial charge in [0.15, 0.2) is 0 Å². The normalized spacial score (nSPS) is 17.5. The van der Waals surface area contributed by atoms with Crippen LogP contribution < -0.4 is 10.5 Å². The summed E-state index contributed by atoms with van der Waals surface area (Å²) in [7, 11) is -4.62. The maximum Gasteiger partial charge on any atom is 0.407 e. The summed E-state index contributed by atoms with van der Waals surface area (Å²) in [6.45, 7) is 0. The number of benzene rings is 1. The molecule has 1 aliphatic rings. The van der Waals surface area contributed by atoms with E-state index in [0.717, 1.165) is 12.1 Å². The lowest BCUT2D eigenvalue weighted by atomic mass is 10.3. The molecule has 0 spiro atoms. The molecule has 1 aromatic rings. The highest BCUT2D eigenvalue weighted by atomic mass is 32.2. The molecule has 0 heterocycles. The molecule has 0 saturated heterocycles. The standard InChI is InChI=1S/C10H10F3N3O4S/c11-10(12,13)9(3-4-9)15-21(19,20)8-5-6(16(17)18)1-2-7(8)14/h1-2,5,15H,3-4,14H2. The maximum atomic E-state index is 12.8. The van der Waals surface area contributed by atoms with E-state index in [-0.39, 0.29) is 18.5 Å². The van der Waals surface area contributed by atoms with Crippen molar-refractivity contribution in [1.82, 2.24) is 4.72 Å². The van der Waals surface area contributed by atoms with E-state index in [9.17, 15) is 31.7 Å². The Labute approximate surface area is 117 Å². The largest absolute Gasteiger partial charge is 0.407 e. The molecule has 1 aromatic carbocycles. The van der Waals surface area contributed by atoms with Crippen LogP contribution in [0.15, 0.2) is 23.1 Å². The fourth-order valence-electron chi connectivity index (χ4n) is 1.75. The lowest BCUT2D eigenvalue weighted by molar-refractivity contribution is -0.385. The van der Waals surface area contributed by atoms with Crippen LogP contribution in [-0.2, 0) is 10.0 Å². The zero-order chi connectivity index (χ0) is 16.1. The third-order valence-electron chi connectivity index (χ3n) is 3.12. The average molecular weight is 325 g/mol. The number of nitro benzene ring substituents is 1. The second-order valence-electron chi connectivity index (χ2n) is 4.66. The smallest absolute Gasteiger partial charge is 0.398 e. The predicted octanol–water partition coefficient (Wildman–Crippen LogP) is 1.55. The highest BCUT2D eigenvalue weighted by molar-refractivity contribution is 7.89. The molecule has 0 unspecified atom stereocenters. The molecule has 11 heteroatoms. The van der Waals surface area contributed by atoms with Crippen molar-refractivity contribution < 1.29 is 26.5 Å². The third-order valence-corrected chi connectivity index (χ3v) is 4.71. The van der Waals surface area contributed by atoms with Crippen LogP contribution in [0, 0.1) is 10.1 Å². The van der Waals surface area contributed by atoms with Crippen LogP contribution in [0.5, 0.6) is 0 Å². The molecule has 0 atom stereocenters. The highest BCUT2D eigenvalue weighted by Gasteiger charge is 2.65. The second kappa shape index (κ2) is 4.56. The summed E-state index contributed by atoms with van der Waals surface area (Å²) in [5, 5.41) is 10.6. The van der Waals surface area contributed by atoms with Crippen LogP contribution in [0.25, 0.3) is 0 Å². The molecule has 3 N–H and O–H groups in total. The van der Waals surface area contributed by atoms with Gasteiger partial charge in [0.25, 0.3) is 5.69 Å². The number of halogens is 3. The summed E-state index contributed by atoms with van der Waals surface area (Å²) in [6.07, 6.45) is -5.51. The van der Waals surface area contributed by atoms with Gasteiger partial charge in [0, 0.05) is 12.1 Å². The monoisotopic (exact) mass is 325 g/mol. The van der Waals surface area contributed by atoms with Crippen molar-refractivity contribution in [2.24, 2.45) is 0 Å². The number of hydrogen-bond donors (Lipinski definition) is 2. The molecule has 0 amide bonds. The van der Waals surface area contributed by atoms with Crippen LogP contribution in [0.2, 0.25) is 0 Å². The van der Waals surface area contributed by atoms with E-state index in [1.807, 2.05) is 0 Å². The van der Waals surface area contributed by atoms with Gasteiger partial charge in [0.05, 0.1) is 10.6 Å². The molecule has 1 saturated carbocycles. The predicted molar refractivity (Wildman–Crippen MR) is 65.9 cm³/mol. The Hall–Kier alpha value is -1.88. The SMILES string of the molecule is Nc1ccc([N+](=O)[O-])cc1S(=O)(=O)NC1(C(F)(F)F)CC1. The molecule has 1 aliphatic carbocycles. The van der Waals surface area contributed by atoms with Gasteiger partial charge in [0.1, 0.15) is 10.4 Å². The van der Waals surface area contributed by atoms with Crippen LogP contribution in [0.3, 0.4) is 0 Å². The Balaban J connectivity index is 2.41.